The van der Waals surface area contributed by atoms with E-state index in [0.29, 0.717) is 12.5 Å². The van der Waals surface area contributed by atoms with E-state index >= 15 is 0 Å². The summed E-state index contributed by atoms with van der Waals surface area (Å²) in [4.78, 5) is 27.4. The summed E-state index contributed by atoms with van der Waals surface area (Å²) in [7, 11) is 0. The normalized spacial score (nSPS) is 25.6. The van der Waals surface area contributed by atoms with Gasteiger partial charge in [0.05, 0.1) is 6.54 Å². The molecule has 1 atom stereocenters. The van der Waals surface area contributed by atoms with E-state index in [9.17, 15) is 9.59 Å². The van der Waals surface area contributed by atoms with Crippen LogP contribution >= 0.6 is 0 Å². The predicted octanol–water partition coefficient (Wildman–Crippen LogP) is 0.866. The highest BCUT2D eigenvalue weighted by Gasteiger charge is 2.41. The number of carbonyl (C=O) groups excluding carboxylic acids is 2. The molecule has 0 aliphatic carbocycles. The summed E-state index contributed by atoms with van der Waals surface area (Å²) >= 11 is 0. The molecule has 0 aromatic rings. The molecule has 4 nitrogen and oxygen atoms in total. The average Bonchev–Trinajstić information content (AvgIpc) is 2.70. The zero-order valence-corrected chi connectivity index (χ0v) is 10.1. The van der Waals surface area contributed by atoms with E-state index in [2.05, 4.69) is 13.8 Å². The van der Waals surface area contributed by atoms with Crippen molar-refractivity contribution >= 4 is 11.8 Å². The minimum Gasteiger partial charge on any atom is -0.332 e. The van der Waals surface area contributed by atoms with Crippen molar-refractivity contribution in [2.75, 3.05) is 19.6 Å². The number of amides is 2. The third-order valence-corrected chi connectivity index (χ3v) is 3.47. The Morgan fingerprint density at radius 3 is 2.81 bits per heavy atom. The summed E-state index contributed by atoms with van der Waals surface area (Å²) in [5.74, 6) is 0.869. The fourth-order valence-electron chi connectivity index (χ4n) is 2.47. The number of nitrogens with zero attached hydrogens (tertiary/aromatic N) is 2. The molecule has 0 aromatic heterocycles. The monoisotopic (exact) mass is 224 g/mol. The van der Waals surface area contributed by atoms with Crippen LogP contribution in [0.15, 0.2) is 0 Å². The number of fused-ring (bicyclic) bond motifs is 1. The summed E-state index contributed by atoms with van der Waals surface area (Å²) < 4.78 is 0. The van der Waals surface area contributed by atoms with Gasteiger partial charge in [0, 0.05) is 13.1 Å². The van der Waals surface area contributed by atoms with Gasteiger partial charge < -0.3 is 9.80 Å². The second-order valence-electron chi connectivity index (χ2n) is 5.19. The van der Waals surface area contributed by atoms with Crippen LogP contribution in [0.1, 0.15) is 33.1 Å². The highest BCUT2D eigenvalue weighted by atomic mass is 16.2. The van der Waals surface area contributed by atoms with Gasteiger partial charge in [-0.3, -0.25) is 9.59 Å². The van der Waals surface area contributed by atoms with Crippen LogP contribution in [0.5, 0.6) is 0 Å². The lowest BCUT2D eigenvalue weighted by molar-refractivity contribution is -0.153. The summed E-state index contributed by atoms with van der Waals surface area (Å²) in [5, 5.41) is 0. The van der Waals surface area contributed by atoms with Crippen molar-refractivity contribution in [1.82, 2.24) is 9.80 Å². The first kappa shape index (κ1) is 11.4. The van der Waals surface area contributed by atoms with Crippen molar-refractivity contribution in [1.29, 1.82) is 0 Å². The van der Waals surface area contributed by atoms with E-state index in [4.69, 9.17) is 0 Å². The topological polar surface area (TPSA) is 40.6 Å². The maximum Gasteiger partial charge on any atom is 0.245 e. The van der Waals surface area contributed by atoms with Gasteiger partial charge in [0.1, 0.15) is 6.04 Å². The first-order valence-corrected chi connectivity index (χ1v) is 6.18. The van der Waals surface area contributed by atoms with Gasteiger partial charge in [0.2, 0.25) is 11.8 Å². The Hall–Kier alpha value is -1.06. The Bertz CT molecular complexity index is 301. The largest absolute Gasteiger partial charge is 0.332 e. The summed E-state index contributed by atoms with van der Waals surface area (Å²) in [6.45, 7) is 6.07. The van der Waals surface area contributed by atoms with Crippen LogP contribution < -0.4 is 0 Å². The number of hydrogen-bond donors (Lipinski definition) is 0. The molecule has 2 saturated heterocycles. The Kier molecular flexibility index (Phi) is 3.17. The van der Waals surface area contributed by atoms with Gasteiger partial charge in [0.15, 0.2) is 0 Å². The van der Waals surface area contributed by atoms with Gasteiger partial charge in [-0.15, -0.1) is 0 Å². The smallest absolute Gasteiger partial charge is 0.245 e. The van der Waals surface area contributed by atoms with Crippen LogP contribution in [-0.2, 0) is 9.59 Å². The van der Waals surface area contributed by atoms with Crippen LogP contribution in [0.2, 0.25) is 0 Å². The molecule has 16 heavy (non-hydrogen) atoms. The minimum atomic E-state index is -0.145. The molecule has 2 aliphatic rings. The molecule has 0 N–H and O–H groups in total. The van der Waals surface area contributed by atoms with Gasteiger partial charge in [-0.05, 0) is 25.2 Å². The van der Waals surface area contributed by atoms with Gasteiger partial charge in [0.25, 0.3) is 0 Å². The van der Waals surface area contributed by atoms with Gasteiger partial charge in [-0.1, -0.05) is 13.8 Å². The SMILES string of the molecule is CC(C)CCN1CC(=O)N2CCCC2C1=O. The quantitative estimate of drug-likeness (QED) is 0.713. The van der Waals surface area contributed by atoms with Crippen molar-refractivity contribution in [3.63, 3.8) is 0 Å². The molecular formula is C12H20N2O2. The minimum absolute atomic E-state index is 0.130. The molecule has 0 spiro atoms. The molecule has 2 fully saturated rings. The number of piperazine rings is 1. The highest BCUT2D eigenvalue weighted by Crippen LogP contribution is 2.23. The molecule has 1 unspecified atom stereocenters. The highest BCUT2D eigenvalue weighted by molar-refractivity contribution is 5.95. The number of carbonyl (C=O) groups is 2. The van der Waals surface area contributed by atoms with Crippen molar-refractivity contribution in [3.05, 3.63) is 0 Å². The van der Waals surface area contributed by atoms with Crippen molar-refractivity contribution < 1.29 is 9.59 Å². The maximum atomic E-state index is 12.1. The standard InChI is InChI=1S/C12H20N2O2/c1-9(2)5-7-13-8-11(15)14-6-3-4-10(14)12(13)16/h9-10H,3-8H2,1-2H3. The summed E-state index contributed by atoms with van der Waals surface area (Å²) in [6.07, 6.45) is 2.80. The van der Waals surface area contributed by atoms with E-state index < -0.39 is 0 Å². The molecule has 0 aromatic carbocycles. The molecule has 2 amide bonds. The first-order chi connectivity index (χ1) is 7.59. The number of hydrogen-bond acceptors (Lipinski definition) is 2. The van der Waals surface area contributed by atoms with Crippen molar-refractivity contribution in [2.45, 2.75) is 39.2 Å². The Labute approximate surface area is 96.6 Å². The van der Waals surface area contributed by atoms with E-state index in [1.54, 1.807) is 9.80 Å². The first-order valence-electron chi connectivity index (χ1n) is 6.18. The Morgan fingerprint density at radius 2 is 2.12 bits per heavy atom. The van der Waals surface area contributed by atoms with Gasteiger partial charge in [-0.25, -0.2) is 0 Å². The molecular weight excluding hydrogens is 204 g/mol. The third kappa shape index (κ3) is 2.06. The van der Waals surface area contributed by atoms with E-state index in [1.165, 1.54) is 0 Å². The van der Waals surface area contributed by atoms with Crippen LogP contribution in [-0.4, -0.2) is 47.3 Å². The van der Waals surface area contributed by atoms with Crippen LogP contribution in [0.4, 0.5) is 0 Å². The Morgan fingerprint density at radius 1 is 1.38 bits per heavy atom. The van der Waals surface area contributed by atoms with E-state index in [1.807, 2.05) is 0 Å². The van der Waals surface area contributed by atoms with Crippen molar-refractivity contribution in [3.8, 4) is 0 Å². The lowest BCUT2D eigenvalue weighted by Gasteiger charge is -2.36. The lowest BCUT2D eigenvalue weighted by Crippen LogP contribution is -2.57. The molecule has 2 heterocycles. The third-order valence-electron chi connectivity index (χ3n) is 3.47. The fraction of sp³-hybridized carbons (Fsp3) is 0.833. The molecule has 90 valence electrons. The molecule has 4 heteroatoms. The second-order valence-corrected chi connectivity index (χ2v) is 5.19. The molecule has 2 aliphatic heterocycles. The van der Waals surface area contributed by atoms with Crippen LogP contribution in [0, 0.1) is 5.92 Å². The second kappa shape index (κ2) is 4.44. The van der Waals surface area contributed by atoms with Crippen LogP contribution in [0.3, 0.4) is 0 Å². The van der Waals surface area contributed by atoms with E-state index in [-0.39, 0.29) is 17.9 Å². The number of rotatable bonds is 3. The zero-order valence-electron chi connectivity index (χ0n) is 10.1. The zero-order chi connectivity index (χ0) is 11.7. The molecule has 0 radical (unpaired) electrons. The summed E-state index contributed by atoms with van der Waals surface area (Å²) in [5.41, 5.74) is 0. The molecule has 2 rings (SSSR count). The maximum absolute atomic E-state index is 12.1. The van der Waals surface area contributed by atoms with E-state index in [0.717, 1.165) is 32.4 Å². The van der Waals surface area contributed by atoms with Gasteiger partial charge >= 0.3 is 0 Å². The Balaban J connectivity index is 2.00. The molecule has 0 saturated carbocycles. The van der Waals surface area contributed by atoms with Crippen molar-refractivity contribution in [2.24, 2.45) is 5.92 Å². The average molecular weight is 224 g/mol. The molecule has 0 bridgehead atoms. The van der Waals surface area contributed by atoms with Crippen LogP contribution in [0.25, 0.3) is 0 Å². The predicted molar refractivity (Wildman–Crippen MR) is 60.8 cm³/mol. The lowest BCUT2D eigenvalue weighted by atomic mass is 10.1. The fourth-order valence-corrected chi connectivity index (χ4v) is 2.47. The van der Waals surface area contributed by atoms with Gasteiger partial charge in [-0.2, -0.15) is 0 Å². The summed E-state index contributed by atoms with van der Waals surface area (Å²) in [6, 6.07) is -0.145.